The van der Waals surface area contributed by atoms with E-state index in [0.717, 1.165) is 11.4 Å². The van der Waals surface area contributed by atoms with Crippen molar-refractivity contribution in [2.75, 3.05) is 28.7 Å². The van der Waals surface area contributed by atoms with Crippen LogP contribution in [0.2, 0.25) is 0 Å². The number of carbonyl (C=O) groups is 2. The fourth-order valence-electron chi connectivity index (χ4n) is 2.49. The minimum atomic E-state index is -0.142. The summed E-state index contributed by atoms with van der Waals surface area (Å²) in [6.45, 7) is 8.97. The number of carbonyl (C=O) groups excluding carboxylic acids is 2. The summed E-state index contributed by atoms with van der Waals surface area (Å²) >= 11 is 1.28. The number of rotatable bonds is 8. The third-order valence-electron chi connectivity index (χ3n) is 3.95. The van der Waals surface area contributed by atoms with Gasteiger partial charge in [0.05, 0.1) is 18.1 Å². The molecule has 6 heteroatoms. The van der Waals surface area contributed by atoms with Crippen molar-refractivity contribution in [1.29, 1.82) is 0 Å². The van der Waals surface area contributed by atoms with Crippen LogP contribution in [-0.2, 0) is 15.0 Å². The van der Waals surface area contributed by atoms with Crippen LogP contribution in [0.4, 0.5) is 11.4 Å². The van der Waals surface area contributed by atoms with Crippen molar-refractivity contribution >= 4 is 35.0 Å². The SMILES string of the molecule is CCOc1ccc(NC(=O)CSCC(=O)Nc2ccc(C(C)(C)C)cc2)cc1. The topological polar surface area (TPSA) is 67.4 Å². The van der Waals surface area contributed by atoms with Gasteiger partial charge in [0.2, 0.25) is 11.8 Å². The van der Waals surface area contributed by atoms with Crippen LogP contribution in [0.5, 0.6) is 5.75 Å². The largest absolute Gasteiger partial charge is 0.494 e. The van der Waals surface area contributed by atoms with Crippen molar-refractivity contribution < 1.29 is 14.3 Å². The van der Waals surface area contributed by atoms with E-state index in [2.05, 4.69) is 31.4 Å². The molecule has 2 rings (SSSR count). The second kappa shape index (κ2) is 10.2. The highest BCUT2D eigenvalue weighted by Crippen LogP contribution is 2.23. The first-order valence-corrected chi connectivity index (χ1v) is 10.4. The highest BCUT2D eigenvalue weighted by atomic mass is 32.2. The first-order chi connectivity index (χ1) is 13.3. The van der Waals surface area contributed by atoms with Gasteiger partial charge in [0.1, 0.15) is 5.75 Å². The van der Waals surface area contributed by atoms with Crippen LogP contribution in [0.25, 0.3) is 0 Å². The van der Waals surface area contributed by atoms with Gasteiger partial charge in [0.25, 0.3) is 0 Å². The molecule has 0 saturated heterocycles. The minimum Gasteiger partial charge on any atom is -0.494 e. The van der Waals surface area contributed by atoms with Crippen molar-refractivity contribution in [3.63, 3.8) is 0 Å². The number of amides is 2. The Kier molecular flexibility index (Phi) is 7.93. The monoisotopic (exact) mass is 400 g/mol. The van der Waals surface area contributed by atoms with Gasteiger partial charge >= 0.3 is 0 Å². The number of hydrogen-bond acceptors (Lipinski definition) is 4. The number of anilines is 2. The van der Waals surface area contributed by atoms with Crippen molar-refractivity contribution in [2.24, 2.45) is 0 Å². The van der Waals surface area contributed by atoms with Crippen molar-refractivity contribution in [2.45, 2.75) is 33.1 Å². The Bertz CT molecular complexity index is 781. The molecule has 0 radical (unpaired) electrons. The molecule has 0 atom stereocenters. The van der Waals surface area contributed by atoms with Crippen LogP contribution in [-0.4, -0.2) is 29.9 Å². The molecule has 2 N–H and O–H groups in total. The summed E-state index contributed by atoms with van der Waals surface area (Å²) in [6, 6.07) is 15.1. The molecular formula is C22H28N2O3S. The van der Waals surface area contributed by atoms with E-state index in [1.807, 2.05) is 43.3 Å². The summed E-state index contributed by atoms with van der Waals surface area (Å²) in [5.41, 5.74) is 2.76. The Morgan fingerprint density at radius 2 is 1.32 bits per heavy atom. The standard InChI is InChI=1S/C22H28N2O3S/c1-5-27-19-12-10-18(11-13-19)24-21(26)15-28-14-20(25)23-17-8-6-16(7-9-17)22(2,3)4/h6-13H,5,14-15H2,1-4H3,(H,23,25)(H,24,26). The predicted octanol–water partition coefficient (Wildman–Crippen LogP) is 4.69. The fourth-order valence-corrected chi connectivity index (χ4v) is 3.10. The Morgan fingerprint density at radius 1 is 0.857 bits per heavy atom. The summed E-state index contributed by atoms with van der Waals surface area (Å²) in [5.74, 6) is 0.933. The molecule has 2 aromatic carbocycles. The Hall–Kier alpha value is -2.47. The third-order valence-corrected chi connectivity index (χ3v) is 4.88. The van der Waals surface area contributed by atoms with Crippen molar-refractivity contribution in [3.05, 3.63) is 54.1 Å². The van der Waals surface area contributed by atoms with E-state index in [-0.39, 0.29) is 28.7 Å². The first kappa shape index (κ1) is 21.8. The summed E-state index contributed by atoms with van der Waals surface area (Å²) in [6.07, 6.45) is 0. The summed E-state index contributed by atoms with van der Waals surface area (Å²) < 4.78 is 5.37. The van der Waals surface area contributed by atoms with Gasteiger partial charge in [-0.05, 0) is 54.3 Å². The van der Waals surface area contributed by atoms with Crippen LogP contribution in [0.1, 0.15) is 33.3 Å². The molecule has 2 aromatic rings. The number of ether oxygens (including phenoxy) is 1. The zero-order chi connectivity index (χ0) is 20.6. The highest BCUT2D eigenvalue weighted by molar-refractivity contribution is 8.00. The molecule has 150 valence electrons. The number of benzene rings is 2. The lowest BCUT2D eigenvalue weighted by Crippen LogP contribution is -2.18. The van der Waals surface area contributed by atoms with E-state index in [1.54, 1.807) is 12.1 Å². The second-order valence-electron chi connectivity index (χ2n) is 7.37. The lowest BCUT2D eigenvalue weighted by Gasteiger charge is -2.19. The third kappa shape index (κ3) is 7.27. The molecular weight excluding hydrogens is 372 g/mol. The van der Waals surface area contributed by atoms with Gasteiger partial charge in [-0.15, -0.1) is 11.8 Å². The average molecular weight is 401 g/mol. The number of nitrogens with one attached hydrogen (secondary N) is 2. The molecule has 0 heterocycles. The molecule has 0 aliphatic rings. The van der Waals surface area contributed by atoms with Crippen LogP contribution in [0.3, 0.4) is 0 Å². The van der Waals surface area contributed by atoms with E-state index >= 15 is 0 Å². The molecule has 0 fully saturated rings. The van der Waals surface area contributed by atoms with Crippen LogP contribution >= 0.6 is 11.8 Å². The Balaban J connectivity index is 1.72. The second-order valence-corrected chi connectivity index (χ2v) is 8.36. The van der Waals surface area contributed by atoms with Gasteiger partial charge < -0.3 is 15.4 Å². The summed E-state index contributed by atoms with van der Waals surface area (Å²) in [4.78, 5) is 24.1. The van der Waals surface area contributed by atoms with Gasteiger partial charge in [0.15, 0.2) is 0 Å². The zero-order valence-electron chi connectivity index (χ0n) is 16.9. The number of thioether (sulfide) groups is 1. The predicted molar refractivity (Wildman–Crippen MR) is 117 cm³/mol. The summed E-state index contributed by atoms with van der Waals surface area (Å²) in [5, 5.41) is 5.66. The van der Waals surface area contributed by atoms with E-state index in [0.29, 0.717) is 12.3 Å². The van der Waals surface area contributed by atoms with Crippen molar-refractivity contribution in [3.8, 4) is 5.75 Å². The Labute approximate surface area is 171 Å². The van der Waals surface area contributed by atoms with Gasteiger partial charge in [-0.1, -0.05) is 32.9 Å². The van der Waals surface area contributed by atoms with Gasteiger partial charge in [-0.3, -0.25) is 9.59 Å². The van der Waals surface area contributed by atoms with Gasteiger partial charge in [0, 0.05) is 11.4 Å². The molecule has 5 nitrogen and oxygen atoms in total. The maximum Gasteiger partial charge on any atom is 0.234 e. The first-order valence-electron chi connectivity index (χ1n) is 9.29. The molecule has 0 aliphatic carbocycles. The lowest BCUT2D eigenvalue weighted by atomic mass is 9.87. The average Bonchev–Trinajstić information content (AvgIpc) is 2.63. The Morgan fingerprint density at radius 3 is 1.75 bits per heavy atom. The highest BCUT2D eigenvalue weighted by Gasteiger charge is 2.13. The fraction of sp³-hybridized carbons (Fsp3) is 0.364. The molecule has 0 unspecified atom stereocenters. The minimum absolute atomic E-state index is 0.0785. The molecule has 0 aliphatic heterocycles. The lowest BCUT2D eigenvalue weighted by molar-refractivity contribution is -0.114. The maximum atomic E-state index is 12.1. The van der Waals surface area contributed by atoms with Gasteiger partial charge in [-0.2, -0.15) is 0 Å². The van der Waals surface area contributed by atoms with E-state index < -0.39 is 0 Å². The quantitative estimate of drug-likeness (QED) is 0.674. The smallest absolute Gasteiger partial charge is 0.234 e. The molecule has 0 spiro atoms. The summed E-state index contributed by atoms with van der Waals surface area (Å²) in [7, 11) is 0. The molecule has 0 saturated carbocycles. The molecule has 28 heavy (non-hydrogen) atoms. The molecule has 2 amide bonds. The maximum absolute atomic E-state index is 12.1. The van der Waals surface area contributed by atoms with Crippen LogP contribution < -0.4 is 15.4 Å². The van der Waals surface area contributed by atoms with Crippen LogP contribution in [0, 0.1) is 0 Å². The number of hydrogen-bond donors (Lipinski definition) is 2. The van der Waals surface area contributed by atoms with Crippen LogP contribution in [0.15, 0.2) is 48.5 Å². The van der Waals surface area contributed by atoms with Gasteiger partial charge in [-0.25, -0.2) is 0 Å². The van der Waals surface area contributed by atoms with E-state index in [9.17, 15) is 9.59 Å². The molecule has 0 bridgehead atoms. The zero-order valence-corrected chi connectivity index (χ0v) is 17.7. The van der Waals surface area contributed by atoms with E-state index in [1.165, 1.54) is 17.3 Å². The van der Waals surface area contributed by atoms with E-state index in [4.69, 9.17) is 4.74 Å². The molecule has 0 aromatic heterocycles. The normalized spacial score (nSPS) is 11.0. The van der Waals surface area contributed by atoms with Crippen molar-refractivity contribution in [1.82, 2.24) is 0 Å².